The van der Waals surface area contributed by atoms with Crippen LogP contribution >= 0.6 is 23.2 Å². The molecule has 2 aliphatic heterocycles. The summed E-state index contributed by atoms with van der Waals surface area (Å²) >= 11 is 12.6. The molecule has 3 heterocycles. The van der Waals surface area contributed by atoms with Crippen LogP contribution in [-0.2, 0) is 35.6 Å². The summed E-state index contributed by atoms with van der Waals surface area (Å²) < 4.78 is 51.8. The second-order valence-corrected chi connectivity index (χ2v) is 15.6. The summed E-state index contributed by atoms with van der Waals surface area (Å²) in [5.74, 6) is -9.17. The van der Waals surface area contributed by atoms with Crippen LogP contribution in [0.2, 0.25) is 10.0 Å². The van der Waals surface area contributed by atoms with Gasteiger partial charge in [-0.1, -0.05) is 53.4 Å². The maximum Gasteiger partial charge on any atom is 0.417 e. The molecule has 1 saturated carbocycles. The third-order valence-corrected chi connectivity index (χ3v) is 12.3. The Hall–Kier alpha value is -5.35. The number of nitrogens with one attached hydrogen (secondary N) is 1. The number of imide groups is 2. The highest BCUT2D eigenvalue weighted by molar-refractivity contribution is 6.33. The van der Waals surface area contributed by atoms with Crippen molar-refractivity contribution in [1.29, 1.82) is 0 Å². The molecule has 0 radical (unpaired) electrons. The number of unbranched alkanes of at least 4 members (excludes halogenated alkanes) is 2. The molecule has 3 aromatic rings. The Morgan fingerprint density at radius 1 is 0.983 bits per heavy atom. The number of carbonyl (C=O) groups excluding carboxylic acids is 4. The fourth-order valence-electron chi connectivity index (χ4n) is 9.27. The van der Waals surface area contributed by atoms with E-state index in [9.17, 15) is 37.5 Å². The van der Waals surface area contributed by atoms with Crippen LogP contribution in [0.1, 0.15) is 61.1 Å². The van der Waals surface area contributed by atoms with E-state index in [4.69, 9.17) is 37.8 Å². The van der Waals surface area contributed by atoms with Crippen molar-refractivity contribution in [3.05, 3.63) is 87.0 Å². The third kappa shape index (κ3) is 6.69. The number of carboxylic acids is 1. The number of methoxy groups -OCH3 is 2. The monoisotopic (exact) mass is 844 g/mol. The highest BCUT2D eigenvalue weighted by Crippen LogP contribution is 2.66. The number of benzene rings is 2. The molecule has 3 N–H and O–H groups in total. The molecule has 306 valence electrons. The van der Waals surface area contributed by atoms with Gasteiger partial charge in [0.25, 0.3) is 11.8 Å². The van der Waals surface area contributed by atoms with Crippen molar-refractivity contribution in [2.75, 3.05) is 26.2 Å². The number of alkyl halides is 3. The molecule has 4 amide bonds. The number of aliphatic carboxylic acids is 1. The van der Waals surface area contributed by atoms with Gasteiger partial charge in [0.15, 0.2) is 5.82 Å². The number of phenols is 1. The number of hydrazine groups is 1. The van der Waals surface area contributed by atoms with E-state index in [0.717, 1.165) is 0 Å². The number of hydrogen-bond acceptors (Lipinski definition) is 10. The number of carboxylic acid groups (broad SMARTS) is 1. The third-order valence-electron chi connectivity index (χ3n) is 11.8. The van der Waals surface area contributed by atoms with Crippen LogP contribution in [0.5, 0.6) is 17.2 Å². The molecule has 2 aliphatic carbocycles. The molecule has 7 rings (SSSR count). The zero-order chi connectivity index (χ0) is 41.8. The Labute approximate surface area is 339 Å². The topological polar surface area (TPSA) is 176 Å². The summed E-state index contributed by atoms with van der Waals surface area (Å²) in [7, 11) is 2.72. The molecule has 4 aliphatic rings. The van der Waals surface area contributed by atoms with Crippen molar-refractivity contribution >= 4 is 58.6 Å². The Balaban J connectivity index is 1.39. The summed E-state index contributed by atoms with van der Waals surface area (Å²) in [5.41, 5.74) is 0.353. The number of ether oxygens (including phenoxy) is 2. The molecule has 2 saturated heterocycles. The number of carbonyl (C=O) groups is 5. The average molecular weight is 846 g/mol. The van der Waals surface area contributed by atoms with E-state index in [0.29, 0.717) is 47.1 Å². The van der Waals surface area contributed by atoms with Crippen molar-refractivity contribution in [2.45, 2.75) is 56.0 Å². The van der Waals surface area contributed by atoms with Gasteiger partial charge in [-0.05, 0) is 55.4 Å². The smallest absolute Gasteiger partial charge is 0.417 e. The predicted octanol–water partition coefficient (Wildman–Crippen LogP) is 6.76. The number of nitrogens with zero attached hydrogens (tertiary/aromatic N) is 3. The molecule has 0 unspecified atom stereocenters. The fourth-order valence-corrected chi connectivity index (χ4v) is 9.60. The van der Waals surface area contributed by atoms with E-state index in [1.165, 1.54) is 43.4 Å². The van der Waals surface area contributed by atoms with Gasteiger partial charge in [-0.2, -0.15) is 18.2 Å². The van der Waals surface area contributed by atoms with E-state index < -0.39 is 87.2 Å². The van der Waals surface area contributed by atoms with Gasteiger partial charge in [-0.3, -0.25) is 34.3 Å². The van der Waals surface area contributed by atoms with Crippen molar-refractivity contribution in [2.24, 2.45) is 23.7 Å². The SMILES string of the molecule is COc1cc(O)c([C@H]2C3=CC[C@@H]4C(=O)N(CCCCCC(=O)O)C(=O)[C@@H]4[C@@H]3C[C@H]3C(=O)N(Nc4ncc(C(F)(F)F)cc4Cl)C(=O)[C@@]23c2ccc(Cl)cc2)c(OC)c1. The van der Waals surface area contributed by atoms with Gasteiger partial charge in [0.1, 0.15) is 17.2 Å². The van der Waals surface area contributed by atoms with Crippen LogP contribution in [-0.4, -0.2) is 75.5 Å². The first-order valence-corrected chi connectivity index (χ1v) is 19.2. The van der Waals surface area contributed by atoms with Crippen molar-refractivity contribution in [3.63, 3.8) is 0 Å². The number of pyridine rings is 1. The quantitative estimate of drug-likeness (QED) is 0.0998. The molecule has 58 heavy (non-hydrogen) atoms. The van der Waals surface area contributed by atoms with Crippen LogP contribution in [0.3, 0.4) is 0 Å². The molecule has 18 heteroatoms. The molecule has 0 spiro atoms. The predicted molar refractivity (Wildman–Crippen MR) is 201 cm³/mol. The van der Waals surface area contributed by atoms with E-state index in [1.807, 2.05) is 0 Å². The Morgan fingerprint density at radius 3 is 2.34 bits per heavy atom. The Bertz CT molecular complexity index is 2240. The minimum absolute atomic E-state index is 0.0535. The van der Waals surface area contributed by atoms with Gasteiger partial charge in [-0.25, -0.2) is 4.98 Å². The summed E-state index contributed by atoms with van der Waals surface area (Å²) in [6.07, 6.45) is -1.39. The fraction of sp³-hybridized carbons (Fsp3) is 0.400. The maximum atomic E-state index is 15.4. The van der Waals surface area contributed by atoms with Crippen LogP contribution in [0.4, 0.5) is 19.0 Å². The molecule has 3 fully saturated rings. The first-order chi connectivity index (χ1) is 27.5. The minimum Gasteiger partial charge on any atom is -0.507 e. The lowest BCUT2D eigenvalue weighted by Crippen LogP contribution is -2.53. The standard InChI is InChI=1S/C40H37Cl2F3N4O9/c1-57-22-15-28(50)32(29(16-22)58-2)33-23-11-12-24-31(37(55)48(35(24)53)13-5-3-4-6-30(51)52)25(23)17-26-36(54)49(38(56)39(26,33)19-7-9-21(41)10-8-19)47-34-27(42)14-20(18-46-34)40(43,44)45/h7-11,14-16,18,24-26,31,33,50H,3-6,12-13,17H2,1-2H3,(H,46,47)(H,51,52)/t24-,25+,26-,31-,33+,39+/m0/s1. The minimum atomic E-state index is -4.79. The molecular weight excluding hydrogens is 808 g/mol. The molecular formula is C40H37Cl2F3N4O9. The number of likely N-dealkylation sites (tertiary alicyclic amines) is 1. The second kappa shape index (κ2) is 15.4. The van der Waals surface area contributed by atoms with E-state index >= 15 is 4.79 Å². The highest BCUT2D eigenvalue weighted by Gasteiger charge is 2.71. The first kappa shape index (κ1) is 40.8. The summed E-state index contributed by atoms with van der Waals surface area (Å²) in [6.45, 7) is 0.0665. The van der Waals surface area contributed by atoms with Gasteiger partial charge in [-0.15, -0.1) is 0 Å². The molecule has 0 bridgehead atoms. The summed E-state index contributed by atoms with van der Waals surface area (Å²) in [4.78, 5) is 74.6. The lowest BCUT2D eigenvalue weighted by Gasteiger charge is -2.50. The normalized spacial score (nSPS) is 25.3. The van der Waals surface area contributed by atoms with Crippen molar-refractivity contribution < 1.29 is 56.8 Å². The number of phenolic OH excluding ortho intramolecular Hbond substituents is 1. The average Bonchev–Trinajstić information content (AvgIpc) is 3.55. The summed E-state index contributed by atoms with van der Waals surface area (Å²) in [5, 5.41) is 21.3. The number of amides is 4. The van der Waals surface area contributed by atoms with Gasteiger partial charge in [0.2, 0.25) is 11.8 Å². The Morgan fingerprint density at radius 2 is 1.71 bits per heavy atom. The van der Waals surface area contributed by atoms with Crippen molar-refractivity contribution in [1.82, 2.24) is 14.9 Å². The number of aromatic hydroxyl groups is 1. The number of fused-ring (bicyclic) bond motifs is 4. The van der Waals surface area contributed by atoms with E-state index in [2.05, 4.69) is 10.4 Å². The van der Waals surface area contributed by atoms with Crippen molar-refractivity contribution in [3.8, 4) is 17.2 Å². The van der Waals surface area contributed by atoms with Crippen LogP contribution in [0, 0.1) is 23.7 Å². The number of halogens is 5. The Kier molecular flexibility index (Phi) is 10.9. The molecule has 13 nitrogen and oxygen atoms in total. The zero-order valence-electron chi connectivity index (χ0n) is 31.0. The number of allylic oxidation sites excluding steroid dienone is 2. The number of rotatable bonds is 12. The zero-order valence-corrected chi connectivity index (χ0v) is 32.5. The first-order valence-electron chi connectivity index (χ1n) is 18.4. The van der Waals surface area contributed by atoms with Gasteiger partial charge in [0, 0.05) is 47.8 Å². The molecule has 6 atom stereocenters. The number of aromatic nitrogens is 1. The van der Waals surface area contributed by atoms with E-state index in [-0.39, 0.29) is 54.2 Å². The lowest BCUT2D eigenvalue weighted by atomic mass is 9.49. The highest BCUT2D eigenvalue weighted by atomic mass is 35.5. The van der Waals surface area contributed by atoms with Gasteiger partial charge < -0.3 is 19.7 Å². The largest absolute Gasteiger partial charge is 0.507 e. The van der Waals surface area contributed by atoms with Crippen LogP contribution < -0.4 is 14.9 Å². The van der Waals surface area contributed by atoms with Gasteiger partial charge in [0.05, 0.1) is 48.0 Å². The van der Waals surface area contributed by atoms with E-state index in [1.54, 1.807) is 18.2 Å². The van der Waals surface area contributed by atoms with Gasteiger partial charge >= 0.3 is 12.1 Å². The number of anilines is 1. The number of hydrogen-bond donors (Lipinski definition) is 3. The second-order valence-electron chi connectivity index (χ2n) is 14.7. The maximum absolute atomic E-state index is 15.4. The lowest BCUT2D eigenvalue weighted by molar-refractivity contribution is -0.141. The molecule has 2 aromatic carbocycles. The summed E-state index contributed by atoms with van der Waals surface area (Å²) in [6, 6.07) is 9.60. The molecule has 1 aromatic heterocycles. The van der Waals surface area contributed by atoms with Crippen LogP contribution in [0.15, 0.2) is 60.3 Å². The van der Waals surface area contributed by atoms with Crippen LogP contribution in [0.25, 0.3) is 0 Å².